The van der Waals surface area contributed by atoms with Gasteiger partial charge in [-0.05, 0) is 109 Å². The number of aliphatic hydroxyl groups excluding tert-OH is 6. The molecule has 7 aliphatic rings. The summed E-state index contributed by atoms with van der Waals surface area (Å²) in [6.07, 6.45) is 0.141. The molecule has 4 saturated carbocycles. The Labute approximate surface area is 327 Å². The molecule has 314 valence electrons. The minimum absolute atomic E-state index is 0.00897. The zero-order valence-corrected chi connectivity index (χ0v) is 34.4. The van der Waals surface area contributed by atoms with Crippen molar-refractivity contribution in [2.75, 3.05) is 19.8 Å². The summed E-state index contributed by atoms with van der Waals surface area (Å²) in [4.78, 5) is 11.4. The van der Waals surface area contributed by atoms with Crippen molar-refractivity contribution in [1.29, 1.82) is 0 Å². The van der Waals surface area contributed by atoms with E-state index in [9.17, 15) is 35.4 Å². The number of aliphatic hydroxyl groups is 6. The van der Waals surface area contributed by atoms with Crippen molar-refractivity contribution in [3.63, 3.8) is 0 Å². The molecule has 2 aliphatic heterocycles. The molecule has 17 unspecified atom stereocenters. The number of ether oxygens (including phenoxy) is 5. The van der Waals surface area contributed by atoms with Crippen molar-refractivity contribution in [2.24, 2.45) is 50.2 Å². The summed E-state index contributed by atoms with van der Waals surface area (Å²) in [6, 6.07) is 0. The predicted octanol–water partition coefficient (Wildman–Crippen LogP) is 4.00. The van der Waals surface area contributed by atoms with E-state index in [4.69, 9.17) is 23.7 Å². The second kappa shape index (κ2) is 14.5. The molecule has 0 amide bonds. The van der Waals surface area contributed by atoms with Crippen LogP contribution in [0.25, 0.3) is 0 Å². The van der Waals surface area contributed by atoms with Crippen LogP contribution >= 0.6 is 0 Å². The van der Waals surface area contributed by atoms with Crippen molar-refractivity contribution in [3.05, 3.63) is 11.6 Å². The van der Waals surface area contributed by atoms with Crippen molar-refractivity contribution in [3.8, 4) is 0 Å². The lowest BCUT2D eigenvalue weighted by Gasteiger charge is -2.71. The van der Waals surface area contributed by atoms with Gasteiger partial charge in [0.15, 0.2) is 12.6 Å². The lowest BCUT2D eigenvalue weighted by atomic mass is 9.33. The van der Waals surface area contributed by atoms with Crippen LogP contribution in [0.5, 0.6) is 0 Å². The molecule has 0 radical (unpaired) electrons. The molecule has 0 bridgehead atoms. The van der Waals surface area contributed by atoms with Crippen LogP contribution in [0.2, 0.25) is 0 Å². The predicted molar refractivity (Wildman–Crippen MR) is 201 cm³/mol. The van der Waals surface area contributed by atoms with Crippen LogP contribution in [0.15, 0.2) is 11.6 Å². The second-order valence-corrected chi connectivity index (χ2v) is 20.9. The Morgan fingerprint density at radius 3 is 2.22 bits per heavy atom. The fourth-order valence-electron chi connectivity index (χ4n) is 13.6. The van der Waals surface area contributed by atoms with Crippen molar-refractivity contribution in [2.45, 2.75) is 181 Å². The SMILES string of the molecule is CC(=O)OCC1OC(OC2C(O)COC(OC3CCC4(C)C(CCC5(C)C4CC=C4C6CC(C)(C)CCC6(CO)CCC45C)C3(C)C)C2O)C(O)C(O)C1O. The first-order valence-electron chi connectivity index (χ1n) is 21.1. The van der Waals surface area contributed by atoms with Gasteiger partial charge in [0.05, 0.1) is 12.7 Å². The van der Waals surface area contributed by atoms with Crippen LogP contribution in [-0.4, -0.2) is 118 Å². The van der Waals surface area contributed by atoms with Crippen LogP contribution in [0, 0.1) is 50.2 Å². The number of allylic oxidation sites excluding steroid dienone is 2. The van der Waals surface area contributed by atoms with Gasteiger partial charge in [0, 0.05) is 18.9 Å². The lowest BCUT2D eigenvalue weighted by molar-refractivity contribution is -0.357. The highest BCUT2D eigenvalue weighted by Gasteiger charge is 2.68. The highest BCUT2D eigenvalue weighted by molar-refractivity contribution is 5.65. The fourth-order valence-corrected chi connectivity index (χ4v) is 13.6. The van der Waals surface area contributed by atoms with E-state index in [0.717, 1.165) is 57.8 Å². The molecule has 6 N–H and O–H groups in total. The Morgan fingerprint density at radius 2 is 1.53 bits per heavy atom. The minimum atomic E-state index is -1.70. The molecule has 2 saturated heterocycles. The van der Waals surface area contributed by atoms with Gasteiger partial charge in [0.25, 0.3) is 0 Å². The maximum Gasteiger partial charge on any atom is 0.302 e. The van der Waals surface area contributed by atoms with E-state index in [1.54, 1.807) is 5.57 Å². The van der Waals surface area contributed by atoms with Gasteiger partial charge in [-0.15, -0.1) is 0 Å². The van der Waals surface area contributed by atoms with Gasteiger partial charge in [0.1, 0.15) is 49.3 Å². The van der Waals surface area contributed by atoms with Gasteiger partial charge in [-0.2, -0.15) is 0 Å². The first-order valence-corrected chi connectivity index (χ1v) is 21.1. The van der Waals surface area contributed by atoms with Gasteiger partial charge in [-0.25, -0.2) is 0 Å². The van der Waals surface area contributed by atoms with Crippen molar-refractivity contribution in [1.82, 2.24) is 0 Å². The molecule has 17 atom stereocenters. The molecule has 12 nitrogen and oxygen atoms in total. The van der Waals surface area contributed by atoms with Crippen LogP contribution in [0.3, 0.4) is 0 Å². The van der Waals surface area contributed by atoms with Crippen LogP contribution in [0.1, 0.15) is 120 Å². The smallest absolute Gasteiger partial charge is 0.302 e. The Kier molecular flexibility index (Phi) is 11.1. The molecular formula is C43H70O12. The highest BCUT2D eigenvalue weighted by atomic mass is 16.7. The van der Waals surface area contributed by atoms with E-state index < -0.39 is 61.3 Å². The maximum atomic E-state index is 11.6. The summed E-state index contributed by atoms with van der Waals surface area (Å²) < 4.78 is 29.1. The number of carbonyl (C=O) groups excluding carboxylic acids is 1. The molecule has 2 heterocycles. The van der Waals surface area contributed by atoms with Crippen LogP contribution < -0.4 is 0 Å². The molecule has 0 aromatic rings. The molecule has 0 aromatic heterocycles. The summed E-state index contributed by atoms with van der Waals surface area (Å²) in [5.41, 5.74) is 1.93. The quantitative estimate of drug-likeness (QED) is 0.124. The average molecular weight is 779 g/mol. The van der Waals surface area contributed by atoms with E-state index in [1.807, 2.05) is 0 Å². The minimum Gasteiger partial charge on any atom is -0.463 e. The highest BCUT2D eigenvalue weighted by Crippen LogP contribution is 2.75. The van der Waals surface area contributed by atoms with Gasteiger partial charge < -0.3 is 54.3 Å². The average Bonchev–Trinajstić information content (AvgIpc) is 3.11. The normalized spacial score (nSPS) is 51.7. The number of hydrogen-bond acceptors (Lipinski definition) is 12. The van der Waals surface area contributed by atoms with E-state index in [0.29, 0.717) is 17.8 Å². The van der Waals surface area contributed by atoms with Crippen LogP contribution in [-0.2, 0) is 28.5 Å². The van der Waals surface area contributed by atoms with Crippen LogP contribution in [0.4, 0.5) is 0 Å². The van der Waals surface area contributed by atoms with Crippen molar-refractivity contribution < 1.29 is 59.1 Å². The van der Waals surface area contributed by atoms with Gasteiger partial charge in [-0.1, -0.05) is 60.1 Å². The van der Waals surface area contributed by atoms with Crippen molar-refractivity contribution >= 4 is 5.97 Å². The maximum absolute atomic E-state index is 11.6. The summed E-state index contributed by atoms with van der Waals surface area (Å²) >= 11 is 0. The second-order valence-electron chi connectivity index (χ2n) is 20.9. The van der Waals surface area contributed by atoms with Gasteiger partial charge in [-0.3, -0.25) is 4.79 Å². The third-order valence-corrected chi connectivity index (χ3v) is 17.2. The fraction of sp³-hybridized carbons (Fsp3) is 0.930. The first kappa shape index (κ1) is 42.0. The molecule has 12 heteroatoms. The molecule has 0 aromatic carbocycles. The molecule has 7 rings (SSSR count). The molecule has 0 spiro atoms. The number of fused-ring (bicyclic) bond motifs is 7. The molecular weight excluding hydrogens is 708 g/mol. The van der Waals surface area contributed by atoms with Gasteiger partial charge >= 0.3 is 5.97 Å². The lowest BCUT2D eigenvalue weighted by Crippen LogP contribution is -2.66. The number of carbonyl (C=O) groups is 1. The zero-order chi connectivity index (χ0) is 40.1. The standard InChI is InChI=1S/C43H70O12/c1-23(45)51-21-27-31(47)32(48)33(49)37(53-27)55-35-26(46)20-52-36(34(35)50)54-30-12-13-40(6)28(39(30,4)5)11-14-42(8)29(40)10-9-24-25-19-38(2,3)15-17-43(25,22-44)18-16-41(24,42)7/h9,25-37,44,46-50H,10-22H2,1-8H3. The third-order valence-electron chi connectivity index (χ3n) is 17.2. The summed E-state index contributed by atoms with van der Waals surface area (Å²) in [7, 11) is 0. The zero-order valence-electron chi connectivity index (χ0n) is 34.4. The monoisotopic (exact) mass is 778 g/mol. The van der Waals surface area contributed by atoms with E-state index in [2.05, 4.69) is 54.5 Å². The molecule has 55 heavy (non-hydrogen) atoms. The van der Waals surface area contributed by atoms with E-state index in [1.165, 1.54) is 13.3 Å². The summed E-state index contributed by atoms with van der Waals surface area (Å²) in [5.74, 6) is 0.675. The number of rotatable bonds is 7. The summed E-state index contributed by atoms with van der Waals surface area (Å²) in [5, 5.41) is 64.9. The molecule has 6 fully saturated rings. The number of hydrogen-bond donors (Lipinski definition) is 6. The third kappa shape index (κ3) is 6.68. The Morgan fingerprint density at radius 1 is 0.818 bits per heavy atom. The molecule has 5 aliphatic carbocycles. The number of esters is 1. The summed E-state index contributed by atoms with van der Waals surface area (Å²) in [6.45, 7) is 18.0. The van der Waals surface area contributed by atoms with E-state index >= 15 is 0 Å². The van der Waals surface area contributed by atoms with E-state index in [-0.39, 0.29) is 58.4 Å². The van der Waals surface area contributed by atoms with Gasteiger partial charge in [0.2, 0.25) is 0 Å². The largest absolute Gasteiger partial charge is 0.463 e. The Balaban J connectivity index is 1.07. The Hall–Kier alpha value is -1.19. The Bertz CT molecular complexity index is 1470. The topological polar surface area (TPSA) is 185 Å². The first-order chi connectivity index (χ1) is 25.6.